The van der Waals surface area contributed by atoms with E-state index in [0.717, 1.165) is 43.2 Å². The molecule has 0 bridgehead atoms. The molecule has 1 unspecified atom stereocenters. The van der Waals surface area contributed by atoms with Crippen LogP contribution >= 0.6 is 0 Å². The van der Waals surface area contributed by atoms with Crippen LogP contribution in [0.1, 0.15) is 88.7 Å². The van der Waals surface area contributed by atoms with E-state index in [9.17, 15) is 18.0 Å². The summed E-state index contributed by atoms with van der Waals surface area (Å²) in [6.45, 7) is 3.38. The first-order valence-corrected chi connectivity index (χ1v) is 22.3. The molecule has 3 aromatic carbocycles. The fourth-order valence-corrected chi connectivity index (χ4v) is 9.47. The molecule has 2 aliphatic heterocycles. The topological polar surface area (TPSA) is 145 Å². The van der Waals surface area contributed by atoms with Crippen molar-refractivity contribution >= 4 is 21.9 Å². The highest BCUT2D eigenvalue weighted by molar-refractivity contribution is 7.92. The molecule has 1 amide bonds. The third-order valence-electron chi connectivity index (χ3n) is 11.0. The maximum absolute atomic E-state index is 14.1. The number of hydrogen-bond donors (Lipinski definition) is 1. The van der Waals surface area contributed by atoms with Crippen LogP contribution in [0.4, 0.5) is 4.79 Å². The number of allylic oxidation sites excluding steroid dienone is 1. The third kappa shape index (κ3) is 12.9. The number of methoxy groups -OCH3 is 2. The minimum absolute atomic E-state index is 0.137. The molecule has 5 rings (SSSR count). The molecular formula is C46H61NO11S. The minimum atomic E-state index is -3.69. The molecule has 12 nitrogen and oxygen atoms in total. The van der Waals surface area contributed by atoms with E-state index in [1.807, 2.05) is 54.6 Å². The summed E-state index contributed by atoms with van der Waals surface area (Å²) in [5, 5.41) is 1.99. The van der Waals surface area contributed by atoms with E-state index in [2.05, 4.69) is 12.2 Å². The minimum Gasteiger partial charge on any atom is -0.497 e. The van der Waals surface area contributed by atoms with Crippen LogP contribution in [-0.2, 0) is 56.3 Å². The summed E-state index contributed by atoms with van der Waals surface area (Å²) in [6, 6.07) is 25.3. The molecule has 2 aliphatic rings. The van der Waals surface area contributed by atoms with Crippen LogP contribution < -0.4 is 10.1 Å². The number of cyclic esters (lactones) is 1. The van der Waals surface area contributed by atoms with Crippen LogP contribution in [0.15, 0.2) is 102 Å². The quantitative estimate of drug-likeness (QED) is 0.0474. The van der Waals surface area contributed by atoms with Gasteiger partial charge in [0.05, 0.1) is 57.4 Å². The number of amides is 1. The molecule has 0 aliphatic carbocycles. The van der Waals surface area contributed by atoms with Crippen LogP contribution in [0.5, 0.6) is 5.75 Å². The van der Waals surface area contributed by atoms with E-state index < -0.39 is 50.7 Å². The molecule has 0 radical (unpaired) electrons. The Morgan fingerprint density at radius 3 is 2.14 bits per heavy atom. The summed E-state index contributed by atoms with van der Waals surface area (Å²) in [6.07, 6.45) is 9.25. The maximum atomic E-state index is 14.1. The van der Waals surface area contributed by atoms with Crippen molar-refractivity contribution in [3.05, 3.63) is 108 Å². The lowest BCUT2D eigenvalue weighted by Crippen LogP contribution is -2.62. The SMILES string of the molecule is CCCCCCC1(CCCCC(C/C=C/C[C@@H](OCc2ccccc2)[C@@H]2OC(=O)N[C@]2(COCc2ccc(OC)cc2)C(=O)OC)S(=O)(=O)c2ccccc2)OCCO1. The number of hydrogen-bond acceptors (Lipinski definition) is 11. The van der Waals surface area contributed by atoms with Gasteiger partial charge in [-0.15, -0.1) is 0 Å². The predicted molar refractivity (Wildman–Crippen MR) is 223 cm³/mol. The van der Waals surface area contributed by atoms with Crippen LogP contribution in [0.2, 0.25) is 0 Å². The largest absolute Gasteiger partial charge is 0.497 e. The number of alkyl carbamates (subject to hydrolysis) is 1. The number of ether oxygens (including phenoxy) is 7. The zero-order chi connectivity index (χ0) is 42.0. The van der Waals surface area contributed by atoms with Crippen LogP contribution in [0.25, 0.3) is 0 Å². The second kappa shape index (κ2) is 22.9. The normalized spacial score (nSPS) is 19.9. The van der Waals surface area contributed by atoms with E-state index in [1.165, 1.54) is 13.5 Å². The second-order valence-electron chi connectivity index (χ2n) is 15.2. The summed E-state index contributed by atoms with van der Waals surface area (Å²) >= 11 is 0. The number of carbonyl (C=O) groups excluding carboxylic acids is 2. The molecule has 2 fully saturated rings. The lowest BCUT2D eigenvalue weighted by molar-refractivity contribution is -0.168. The Morgan fingerprint density at radius 1 is 0.831 bits per heavy atom. The number of esters is 1. The monoisotopic (exact) mass is 835 g/mol. The highest BCUT2D eigenvalue weighted by Crippen LogP contribution is 2.34. The number of carbonyl (C=O) groups is 2. The lowest BCUT2D eigenvalue weighted by atomic mass is 9.88. The Kier molecular flexibility index (Phi) is 17.8. The van der Waals surface area contributed by atoms with Gasteiger partial charge in [-0.1, -0.05) is 105 Å². The number of nitrogens with one attached hydrogen (secondary N) is 1. The maximum Gasteiger partial charge on any atom is 0.408 e. The van der Waals surface area contributed by atoms with Crippen molar-refractivity contribution in [3.63, 3.8) is 0 Å². The average molecular weight is 836 g/mol. The second-order valence-corrected chi connectivity index (χ2v) is 17.4. The van der Waals surface area contributed by atoms with E-state index >= 15 is 0 Å². The number of rotatable bonds is 26. The van der Waals surface area contributed by atoms with Crippen molar-refractivity contribution in [2.24, 2.45) is 0 Å². The van der Waals surface area contributed by atoms with Gasteiger partial charge in [-0.2, -0.15) is 0 Å². The molecule has 0 saturated carbocycles. The van der Waals surface area contributed by atoms with Crippen molar-refractivity contribution in [2.75, 3.05) is 34.0 Å². The standard InChI is InChI=1S/C46H61NO11S/c1-4-5-6-16-29-45(56-31-32-57-45)30-17-15-23-40(59(50,51)39-20-11-8-12-21-39)22-13-14-24-41(55-34-36-18-9-7-10-19-36)42-46(43(48)53-3,47-44(49)58-42)35-54-33-37-25-27-38(52-2)28-26-37/h7-14,18-21,25-28,40-42H,4-6,15-17,22-24,29-35H2,1-3H3,(H,47,49)/b14-13+/t40?,41-,42+,46+/m1/s1. The first-order valence-electron chi connectivity index (χ1n) is 20.8. The smallest absolute Gasteiger partial charge is 0.408 e. The van der Waals surface area contributed by atoms with Gasteiger partial charge in [-0.3, -0.25) is 5.32 Å². The van der Waals surface area contributed by atoms with Crippen molar-refractivity contribution in [3.8, 4) is 5.75 Å². The average Bonchev–Trinajstić information content (AvgIpc) is 3.87. The van der Waals surface area contributed by atoms with Crippen molar-refractivity contribution < 1.29 is 51.2 Å². The Hall–Kier alpha value is -4.27. The molecule has 2 saturated heterocycles. The van der Waals surface area contributed by atoms with E-state index in [1.54, 1.807) is 49.6 Å². The van der Waals surface area contributed by atoms with Gasteiger partial charge in [0.1, 0.15) is 11.9 Å². The first-order chi connectivity index (χ1) is 28.6. The summed E-state index contributed by atoms with van der Waals surface area (Å²) in [7, 11) is -0.863. The predicted octanol–water partition coefficient (Wildman–Crippen LogP) is 8.27. The number of benzene rings is 3. The Labute approximate surface area is 349 Å². The van der Waals surface area contributed by atoms with Gasteiger partial charge in [0, 0.05) is 12.8 Å². The summed E-state index contributed by atoms with van der Waals surface area (Å²) < 4.78 is 69.1. The number of sulfone groups is 1. The summed E-state index contributed by atoms with van der Waals surface area (Å²) in [4.78, 5) is 26.9. The third-order valence-corrected chi connectivity index (χ3v) is 13.2. The highest BCUT2D eigenvalue weighted by atomic mass is 32.2. The molecule has 3 aromatic rings. The fourth-order valence-electron chi connectivity index (χ4n) is 7.71. The molecule has 1 N–H and O–H groups in total. The molecule has 59 heavy (non-hydrogen) atoms. The molecule has 4 atom stereocenters. The Morgan fingerprint density at radius 2 is 1.47 bits per heavy atom. The summed E-state index contributed by atoms with van der Waals surface area (Å²) in [5.74, 6) is -0.641. The van der Waals surface area contributed by atoms with Gasteiger partial charge in [-0.25, -0.2) is 18.0 Å². The molecular weight excluding hydrogens is 775 g/mol. The van der Waals surface area contributed by atoms with Crippen molar-refractivity contribution in [2.45, 2.75) is 124 Å². The van der Waals surface area contributed by atoms with Gasteiger partial charge < -0.3 is 33.2 Å². The van der Waals surface area contributed by atoms with E-state index in [-0.39, 0.29) is 37.6 Å². The van der Waals surface area contributed by atoms with Gasteiger partial charge >= 0.3 is 12.1 Å². The van der Waals surface area contributed by atoms with Crippen LogP contribution in [-0.4, -0.2) is 83.3 Å². The van der Waals surface area contributed by atoms with Gasteiger partial charge in [-0.05, 0) is 67.5 Å². The van der Waals surface area contributed by atoms with Crippen LogP contribution in [0, 0.1) is 0 Å². The number of unbranched alkanes of at least 4 members (excludes halogenated alkanes) is 4. The van der Waals surface area contributed by atoms with Gasteiger partial charge in [0.2, 0.25) is 5.54 Å². The van der Waals surface area contributed by atoms with Gasteiger partial charge in [0.15, 0.2) is 21.7 Å². The zero-order valence-electron chi connectivity index (χ0n) is 34.7. The van der Waals surface area contributed by atoms with Gasteiger partial charge in [0.25, 0.3) is 0 Å². The van der Waals surface area contributed by atoms with Crippen molar-refractivity contribution in [1.29, 1.82) is 0 Å². The van der Waals surface area contributed by atoms with E-state index in [4.69, 9.17) is 33.2 Å². The Balaban J connectivity index is 1.31. The highest BCUT2D eigenvalue weighted by Gasteiger charge is 2.59. The molecule has 0 spiro atoms. The molecule has 13 heteroatoms. The lowest BCUT2D eigenvalue weighted by Gasteiger charge is -2.33. The molecule has 322 valence electrons. The molecule has 2 heterocycles. The van der Waals surface area contributed by atoms with E-state index in [0.29, 0.717) is 38.2 Å². The summed E-state index contributed by atoms with van der Waals surface area (Å²) in [5.41, 5.74) is -0.0230. The zero-order valence-corrected chi connectivity index (χ0v) is 35.5. The first kappa shape index (κ1) is 45.8. The Bertz CT molecular complexity index is 1850. The van der Waals surface area contributed by atoms with Crippen LogP contribution in [0.3, 0.4) is 0 Å². The molecule has 0 aromatic heterocycles. The van der Waals surface area contributed by atoms with Crippen molar-refractivity contribution in [1.82, 2.24) is 5.32 Å². The fraction of sp³-hybridized carbons (Fsp3) is 0.522.